The van der Waals surface area contributed by atoms with Crippen LogP contribution in [0.5, 0.6) is 11.6 Å². The summed E-state index contributed by atoms with van der Waals surface area (Å²) in [7, 11) is 0. The topological polar surface area (TPSA) is 68.4 Å². The summed E-state index contributed by atoms with van der Waals surface area (Å²) in [6.45, 7) is 3.69. The molecule has 1 aromatic carbocycles. The van der Waals surface area contributed by atoms with Gasteiger partial charge in [0.2, 0.25) is 5.88 Å². The highest BCUT2D eigenvalue weighted by molar-refractivity contribution is 5.41. The van der Waals surface area contributed by atoms with E-state index in [2.05, 4.69) is 23.5 Å². The predicted molar refractivity (Wildman–Crippen MR) is 109 cm³/mol. The molecule has 2 aliphatic rings. The van der Waals surface area contributed by atoms with Crippen molar-refractivity contribution in [3.63, 3.8) is 0 Å². The summed E-state index contributed by atoms with van der Waals surface area (Å²) < 4.78 is 9.24. The Morgan fingerprint density at radius 2 is 1.96 bits per heavy atom. The molecule has 2 heterocycles. The van der Waals surface area contributed by atoms with Crippen LogP contribution in [-0.2, 0) is 32.4 Å². The summed E-state index contributed by atoms with van der Waals surface area (Å²) in [6, 6.07) is 6.41. The van der Waals surface area contributed by atoms with Gasteiger partial charge >= 0.3 is 5.69 Å². The first-order valence-electron chi connectivity index (χ1n) is 10.7. The van der Waals surface area contributed by atoms with E-state index in [1.54, 1.807) is 4.57 Å². The molecule has 1 aromatic heterocycles. The van der Waals surface area contributed by atoms with Gasteiger partial charge in [-0.25, -0.2) is 4.79 Å². The number of aromatic hydroxyl groups is 1. The van der Waals surface area contributed by atoms with Gasteiger partial charge in [0.05, 0.1) is 5.69 Å². The van der Waals surface area contributed by atoms with E-state index in [1.165, 1.54) is 35.0 Å². The molecule has 0 bridgehead atoms. The van der Waals surface area contributed by atoms with E-state index in [4.69, 9.17) is 4.74 Å². The molecule has 2 aromatic rings. The van der Waals surface area contributed by atoms with Crippen LogP contribution >= 0.6 is 0 Å². The van der Waals surface area contributed by atoms with Crippen LogP contribution in [0.4, 0.5) is 0 Å². The average Bonchev–Trinajstić information content (AvgIpc) is 3.29. The van der Waals surface area contributed by atoms with Gasteiger partial charge in [-0.1, -0.05) is 12.1 Å². The fourth-order valence-electron chi connectivity index (χ4n) is 4.47. The van der Waals surface area contributed by atoms with Crippen LogP contribution in [0.2, 0.25) is 0 Å². The highest BCUT2D eigenvalue weighted by Gasteiger charge is 2.22. The second kappa shape index (κ2) is 8.86. The van der Waals surface area contributed by atoms with E-state index < -0.39 is 0 Å². The number of imidazole rings is 1. The molecule has 0 atom stereocenters. The zero-order valence-electron chi connectivity index (χ0n) is 16.6. The van der Waals surface area contributed by atoms with Crippen molar-refractivity contribution in [2.45, 2.75) is 64.5 Å². The van der Waals surface area contributed by atoms with Gasteiger partial charge in [-0.15, -0.1) is 0 Å². The van der Waals surface area contributed by atoms with Crippen molar-refractivity contribution < 1.29 is 9.84 Å². The van der Waals surface area contributed by atoms with Crippen molar-refractivity contribution in [2.75, 3.05) is 19.7 Å². The van der Waals surface area contributed by atoms with Gasteiger partial charge in [0, 0.05) is 19.6 Å². The van der Waals surface area contributed by atoms with Gasteiger partial charge in [0.15, 0.2) is 0 Å². The largest absolute Gasteiger partial charge is 0.493 e. The first-order valence-corrected chi connectivity index (χ1v) is 10.7. The SMILES string of the molecule is O=c1n(CCCCNCCOc2cccc3c2CCCC3)c(O)c2n1CCC2. The third-order valence-corrected chi connectivity index (χ3v) is 5.97. The maximum absolute atomic E-state index is 12.3. The third kappa shape index (κ3) is 3.97. The molecule has 6 nitrogen and oxygen atoms in total. The van der Waals surface area contributed by atoms with Crippen molar-refractivity contribution in [1.29, 1.82) is 0 Å². The molecule has 0 radical (unpaired) electrons. The van der Waals surface area contributed by atoms with Crippen molar-refractivity contribution in [1.82, 2.24) is 14.5 Å². The molecular weight excluding hydrogens is 354 g/mol. The van der Waals surface area contributed by atoms with Crippen LogP contribution in [0.15, 0.2) is 23.0 Å². The number of nitrogens with zero attached hydrogens (tertiary/aromatic N) is 2. The van der Waals surface area contributed by atoms with Crippen molar-refractivity contribution in [3.05, 3.63) is 45.5 Å². The molecule has 0 spiro atoms. The number of rotatable bonds is 9. The Balaban J connectivity index is 1.14. The zero-order valence-corrected chi connectivity index (χ0v) is 16.6. The summed E-state index contributed by atoms with van der Waals surface area (Å²) >= 11 is 0. The van der Waals surface area contributed by atoms with Crippen LogP contribution in [0, 0.1) is 0 Å². The van der Waals surface area contributed by atoms with Crippen LogP contribution in [0.25, 0.3) is 0 Å². The molecule has 28 heavy (non-hydrogen) atoms. The van der Waals surface area contributed by atoms with Crippen molar-refractivity contribution in [3.8, 4) is 11.6 Å². The maximum Gasteiger partial charge on any atom is 0.331 e. The number of fused-ring (bicyclic) bond motifs is 2. The van der Waals surface area contributed by atoms with E-state index in [0.717, 1.165) is 63.2 Å². The Kier molecular flexibility index (Phi) is 6.05. The van der Waals surface area contributed by atoms with E-state index in [9.17, 15) is 9.90 Å². The van der Waals surface area contributed by atoms with E-state index in [1.807, 2.05) is 0 Å². The number of nitrogens with one attached hydrogen (secondary N) is 1. The molecule has 4 rings (SSSR count). The van der Waals surface area contributed by atoms with Gasteiger partial charge in [-0.3, -0.25) is 9.13 Å². The first-order chi connectivity index (χ1) is 13.8. The van der Waals surface area contributed by atoms with Gasteiger partial charge in [-0.2, -0.15) is 0 Å². The number of benzene rings is 1. The third-order valence-electron chi connectivity index (χ3n) is 5.97. The van der Waals surface area contributed by atoms with E-state index >= 15 is 0 Å². The Morgan fingerprint density at radius 3 is 2.86 bits per heavy atom. The summed E-state index contributed by atoms with van der Waals surface area (Å²) in [5.41, 5.74) is 3.60. The van der Waals surface area contributed by atoms with E-state index in [0.29, 0.717) is 13.2 Å². The fourth-order valence-corrected chi connectivity index (χ4v) is 4.47. The molecule has 0 amide bonds. The lowest BCUT2D eigenvalue weighted by molar-refractivity contribution is 0.308. The average molecular weight is 386 g/mol. The van der Waals surface area contributed by atoms with Gasteiger partial charge in [-0.05, 0) is 75.1 Å². The molecule has 1 aliphatic carbocycles. The summed E-state index contributed by atoms with van der Waals surface area (Å²) in [5, 5.41) is 13.6. The minimum absolute atomic E-state index is 0.0578. The lowest BCUT2D eigenvalue weighted by atomic mass is 9.91. The molecule has 0 unspecified atom stereocenters. The molecule has 6 heteroatoms. The summed E-state index contributed by atoms with van der Waals surface area (Å²) in [6.07, 6.45) is 8.45. The van der Waals surface area contributed by atoms with E-state index in [-0.39, 0.29) is 11.6 Å². The minimum Gasteiger partial charge on any atom is -0.493 e. The lowest BCUT2D eigenvalue weighted by Gasteiger charge is -2.19. The molecule has 0 saturated heterocycles. The summed E-state index contributed by atoms with van der Waals surface area (Å²) in [5.74, 6) is 1.23. The number of aryl methyl sites for hydroxylation is 1. The van der Waals surface area contributed by atoms with Crippen LogP contribution in [-0.4, -0.2) is 33.9 Å². The monoisotopic (exact) mass is 385 g/mol. The normalized spacial score (nSPS) is 15.4. The van der Waals surface area contributed by atoms with Crippen LogP contribution in [0.1, 0.15) is 48.9 Å². The fraction of sp³-hybridized carbons (Fsp3) is 0.591. The predicted octanol–water partition coefficient (Wildman–Crippen LogP) is 2.63. The number of hydrogen-bond acceptors (Lipinski definition) is 4. The number of ether oxygens (including phenoxy) is 1. The highest BCUT2D eigenvalue weighted by Crippen LogP contribution is 2.29. The van der Waals surface area contributed by atoms with Gasteiger partial charge in [0.1, 0.15) is 12.4 Å². The molecular formula is C22H31N3O3. The Bertz CT molecular complexity index is 869. The minimum atomic E-state index is -0.0578. The number of unbranched alkanes of at least 4 members (excludes halogenated alkanes) is 1. The van der Waals surface area contributed by atoms with Crippen molar-refractivity contribution in [2.24, 2.45) is 0 Å². The summed E-state index contributed by atoms with van der Waals surface area (Å²) in [4.78, 5) is 12.3. The highest BCUT2D eigenvalue weighted by atomic mass is 16.5. The first kappa shape index (κ1) is 19.1. The van der Waals surface area contributed by atoms with Crippen LogP contribution < -0.4 is 15.7 Å². The Labute approximate surface area is 166 Å². The zero-order chi connectivity index (χ0) is 19.3. The lowest BCUT2D eigenvalue weighted by Crippen LogP contribution is -2.25. The second-order valence-corrected chi connectivity index (χ2v) is 7.87. The Hall–Kier alpha value is -2.21. The molecule has 2 N–H and O–H groups in total. The standard InChI is InChI=1S/C22H31N3O3/c26-21-19-10-6-15-24(19)22(27)25(21)14-4-3-12-23-13-16-28-20-11-5-8-17-7-1-2-9-18(17)20/h5,8,11,23,26H,1-4,6-7,9-10,12-16H2. The molecule has 1 aliphatic heterocycles. The van der Waals surface area contributed by atoms with Crippen LogP contribution in [0.3, 0.4) is 0 Å². The molecule has 0 saturated carbocycles. The molecule has 0 fully saturated rings. The second-order valence-electron chi connectivity index (χ2n) is 7.87. The maximum atomic E-state index is 12.3. The Morgan fingerprint density at radius 1 is 1.07 bits per heavy atom. The molecule has 152 valence electrons. The number of hydrogen-bond donors (Lipinski definition) is 2. The van der Waals surface area contributed by atoms with Gasteiger partial charge < -0.3 is 15.2 Å². The smallest absolute Gasteiger partial charge is 0.331 e. The van der Waals surface area contributed by atoms with Gasteiger partial charge in [0.25, 0.3) is 0 Å². The number of aromatic nitrogens is 2. The van der Waals surface area contributed by atoms with Crippen molar-refractivity contribution >= 4 is 0 Å². The quantitative estimate of drug-likeness (QED) is 0.651.